The van der Waals surface area contributed by atoms with E-state index in [0.717, 1.165) is 24.3 Å². The number of fused-ring (bicyclic) bond motifs is 1. The van der Waals surface area contributed by atoms with Crippen molar-refractivity contribution < 1.29 is 14.0 Å². The highest BCUT2D eigenvalue weighted by Gasteiger charge is 2.37. The minimum atomic E-state index is -0.469. The number of hydrogen-bond donors (Lipinski definition) is 0. The van der Waals surface area contributed by atoms with E-state index in [4.69, 9.17) is 0 Å². The molecule has 3 aromatic carbocycles. The molecule has 0 bridgehead atoms. The normalized spacial score (nSPS) is 16.8. The zero-order valence-corrected chi connectivity index (χ0v) is 19.9. The Hall–Kier alpha value is -3.97. The lowest BCUT2D eigenvalue weighted by atomic mass is 10.0. The average molecular weight is 483 g/mol. The van der Waals surface area contributed by atoms with Crippen molar-refractivity contribution in [1.29, 1.82) is 0 Å². The van der Waals surface area contributed by atoms with E-state index in [1.807, 2.05) is 82.4 Å². The van der Waals surface area contributed by atoms with Crippen molar-refractivity contribution in [3.8, 4) is 5.69 Å². The molecule has 36 heavy (non-hydrogen) atoms. The summed E-state index contributed by atoms with van der Waals surface area (Å²) in [5.41, 5.74) is 2.51. The first-order valence-corrected chi connectivity index (χ1v) is 12.3. The number of benzene rings is 3. The van der Waals surface area contributed by atoms with Gasteiger partial charge in [-0.05, 0) is 42.5 Å². The van der Waals surface area contributed by atoms with Gasteiger partial charge in [-0.25, -0.2) is 4.39 Å². The molecule has 2 aliphatic rings. The van der Waals surface area contributed by atoms with E-state index in [-0.39, 0.29) is 23.4 Å². The topological polar surface area (TPSA) is 48.8 Å². The Morgan fingerprint density at radius 1 is 0.722 bits per heavy atom. The van der Waals surface area contributed by atoms with Gasteiger partial charge in [0.05, 0.1) is 11.1 Å². The fourth-order valence-electron chi connectivity index (χ4n) is 5.24. The van der Waals surface area contributed by atoms with Crippen molar-refractivity contribution in [2.75, 3.05) is 39.3 Å². The molecular formula is C29H27FN4O2. The van der Waals surface area contributed by atoms with E-state index in [2.05, 4.69) is 4.90 Å². The largest absolute Gasteiger partial charge is 0.336 e. The Morgan fingerprint density at radius 3 is 2.08 bits per heavy atom. The van der Waals surface area contributed by atoms with Crippen LogP contribution in [0.4, 0.5) is 4.39 Å². The van der Waals surface area contributed by atoms with E-state index < -0.39 is 5.82 Å². The van der Waals surface area contributed by atoms with E-state index in [1.165, 1.54) is 0 Å². The van der Waals surface area contributed by atoms with Gasteiger partial charge in [-0.15, -0.1) is 0 Å². The first-order chi connectivity index (χ1) is 17.6. The molecule has 2 aliphatic heterocycles. The minimum Gasteiger partial charge on any atom is -0.336 e. The number of likely N-dealkylation sites (tertiary alicyclic amines) is 1. The van der Waals surface area contributed by atoms with Crippen molar-refractivity contribution >= 4 is 22.7 Å². The lowest BCUT2D eigenvalue weighted by molar-refractivity contribution is 0.00833. The fraction of sp³-hybridized carbons (Fsp3) is 0.241. The minimum absolute atomic E-state index is 0.0626. The molecule has 4 aromatic rings. The number of carbonyl (C=O) groups is 2. The van der Waals surface area contributed by atoms with Gasteiger partial charge in [-0.3, -0.25) is 14.5 Å². The molecular weight excluding hydrogens is 455 g/mol. The third-order valence-electron chi connectivity index (χ3n) is 7.36. The number of nitrogens with zero attached hydrogens (tertiary/aromatic N) is 4. The van der Waals surface area contributed by atoms with Crippen LogP contribution in [0.3, 0.4) is 0 Å². The second-order valence-corrected chi connectivity index (χ2v) is 9.44. The van der Waals surface area contributed by atoms with Gasteiger partial charge in [-0.1, -0.05) is 36.4 Å². The maximum absolute atomic E-state index is 15.4. The molecule has 6 nitrogen and oxygen atoms in total. The summed E-state index contributed by atoms with van der Waals surface area (Å²) >= 11 is 0. The van der Waals surface area contributed by atoms with Crippen LogP contribution in [0.25, 0.3) is 16.6 Å². The zero-order valence-electron chi connectivity index (χ0n) is 19.9. The molecule has 2 fully saturated rings. The highest BCUT2D eigenvalue weighted by molar-refractivity contribution is 5.99. The Labute approximate surface area is 209 Å². The number of hydrogen-bond acceptors (Lipinski definition) is 3. The summed E-state index contributed by atoms with van der Waals surface area (Å²) in [6.07, 6.45) is 1.83. The summed E-state index contributed by atoms with van der Waals surface area (Å²) in [6, 6.07) is 24.5. The van der Waals surface area contributed by atoms with Crippen LogP contribution in [0.5, 0.6) is 0 Å². The summed E-state index contributed by atoms with van der Waals surface area (Å²) in [5, 5.41) is 0.445. The predicted molar refractivity (Wildman–Crippen MR) is 137 cm³/mol. The van der Waals surface area contributed by atoms with Crippen LogP contribution in [-0.2, 0) is 0 Å². The molecule has 0 radical (unpaired) electrons. The van der Waals surface area contributed by atoms with E-state index in [0.29, 0.717) is 37.1 Å². The first kappa shape index (κ1) is 22.5. The Bertz CT molecular complexity index is 1410. The molecule has 0 aliphatic carbocycles. The Morgan fingerprint density at radius 2 is 1.39 bits per heavy atom. The number of amides is 2. The lowest BCUT2D eigenvalue weighted by Crippen LogP contribution is -2.64. The second-order valence-electron chi connectivity index (χ2n) is 9.44. The maximum atomic E-state index is 15.4. The van der Waals surface area contributed by atoms with Crippen LogP contribution in [0.1, 0.15) is 20.7 Å². The molecule has 0 spiro atoms. The maximum Gasteiger partial charge on any atom is 0.256 e. The second kappa shape index (κ2) is 9.24. The summed E-state index contributed by atoms with van der Waals surface area (Å²) in [6.45, 7) is 4.04. The van der Waals surface area contributed by atoms with Gasteiger partial charge < -0.3 is 14.4 Å². The molecule has 182 valence electrons. The predicted octanol–water partition coefficient (Wildman–Crippen LogP) is 4.05. The zero-order chi connectivity index (χ0) is 24.6. The number of para-hydroxylation sites is 1. The smallest absolute Gasteiger partial charge is 0.256 e. The fourth-order valence-corrected chi connectivity index (χ4v) is 5.24. The quantitative estimate of drug-likeness (QED) is 0.441. The average Bonchev–Trinajstić information content (AvgIpc) is 3.34. The molecule has 2 saturated heterocycles. The van der Waals surface area contributed by atoms with Crippen LogP contribution in [0, 0.1) is 5.82 Å². The van der Waals surface area contributed by atoms with Crippen molar-refractivity contribution in [3.63, 3.8) is 0 Å². The molecule has 1 aromatic heterocycles. The van der Waals surface area contributed by atoms with Crippen LogP contribution < -0.4 is 0 Å². The van der Waals surface area contributed by atoms with Crippen LogP contribution >= 0.6 is 0 Å². The number of rotatable bonds is 4. The molecule has 0 unspecified atom stereocenters. The van der Waals surface area contributed by atoms with Crippen molar-refractivity contribution in [3.05, 3.63) is 102 Å². The van der Waals surface area contributed by atoms with Gasteiger partial charge in [0.15, 0.2) is 0 Å². The molecule has 6 rings (SSSR count). The summed E-state index contributed by atoms with van der Waals surface area (Å²) in [4.78, 5) is 31.7. The molecule has 0 atom stereocenters. The summed E-state index contributed by atoms with van der Waals surface area (Å²) in [5.74, 6) is -0.674. The number of carbonyl (C=O) groups excluding carboxylic acids is 2. The number of halogens is 1. The highest BCUT2D eigenvalue weighted by atomic mass is 19.1. The van der Waals surface area contributed by atoms with Gasteiger partial charge >= 0.3 is 0 Å². The number of aromatic nitrogens is 1. The molecule has 3 heterocycles. The molecule has 7 heteroatoms. The van der Waals surface area contributed by atoms with Gasteiger partial charge in [0.25, 0.3) is 11.8 Å². The van der Waals surface area contributed by atoms with Gasteiger partial charge in [0.1, 0.15) is 5.82 Å². The summed E-state index contributed by atoms with van der Waals surface area (Å²) in [7, 11) is 0. The molecule has 0 N–H and O–H groups in total. The SMILES string of the molecule is O=C(c1ccccc1)N1CCN(C2CN(C(=O)c3ccc4c(ccn4-c4ccccc4)c3F)C2)CC1. The van der Waals surface area contributed by atoms with E-state index in [9.17, 15) is 9.59 Å². The van der Waals surface area contributed by atoms with Crippen LogP contribution in [0.2, 0.25) is 0 Å². The van der Waals surface area contributed by atoms with Crippen molar-refractivity contribution in [2.24, 2.45) is 0 Å². The highest BCUT2D eigenvalue weighted by Crippen LogP contribution is 2.28. The van der Waals surface area contributed by atoms with E-state index >= 15 is 4.39 Å². The lowest BCUT2D eigenvalue weighted by Gasteiger charge is -2.48. The standard InChI is InChI=1S/C29H27FN4O2/c30-27-24-13-14-34(22-9-5-2-6-10-22)26(24)12-11-25(27)29(36)33-19-23(20-33)31-15-17-32(18-16-31)28(35)21-7-3-1-4-8-21/h1-14,23H,15-20H2. The summed E-state index contributed by atoms with van der Waals surface area (Å²) < 4.78 is 17.3. The van der Waals surface area contributed by atoms with Gasteiger partial charge in [0.2, 0.25) is 0 Å². The molecule has 0 saturated carbocycles. The Balaban J connectivity index is 1.08. The third kappa shape index (κ3) is 3.95. The first-order valence-electron chi connectivity index (χ1n) is 12.3. The van der Waals surface area contributed by atoms with Crippen LogP contribution in [-0.4, -0.2) is 76.4 Å². The third-order valence-corrected chi connectivity index (χ3v) is 7.36. The monoisotopic (exact) mass is 482 g/mol. The van der Waals surface area contributed by atoms with Crippen LogP contribution in [0.15, 0.2) is 85.1 Å². The van der Waals surface area contributed by atoms with Gasteiger partial charge in [0, 0.05) is 68.1 Å². The number of piperazine rings is 1. The Kier molecular flexibility index (Phi) is 5.77. The van der Waals surface area contributed by atoms with E-state index in [1.54, 1.807) is 17.0 Å². The van der Waals surface area contributed by atoms with Crippen molar-refractivity contribution in [2.45, 2.75) is 6.04 Å². The van der Waals surface area contributed by atoms with Gasteiger partial charge in [-0.2, -0.15) is 0 Å². The molecule has 2 amide bonds. The van der Waals surface area contributed by atoms with Crippen molar-refractivity contribution in [1.82, 2.24) is 19.3 Å².